The van der Waals surface area contributed by atoms with Crippen molar-refractivity contribution in [3.8, 4) is 11.5 Å². The second-order valence-electron chi connectivity index (χ2n) is 6.25. The predicted octanol–water partition coefficient (Wildman–Crippen LogP) is 3.51. The van der Waals surface area contributed by atoms with Crippen LogP contribution in [-0.4, -0.2) is 33.2 Å². The van der Waals surface area contributed by atoms with Gasteiger partial charge in [-0.05, 0) is 37.1 Å². The van der Waals surface area contributed by atoms with Crippen molar-refractivity contribution >= 4 is 0 Å². The lowest BCUT2D eigenvalue weighted by Crippen LogP contribution is -2.34. The van der Waals surface area contributed by atoms with Gasteiger partial charge in [0.05, 0.1) is 11.5 Å². The monoisotopic (exact) mass is 320 g/mol. The van der Waals surface area contributed by atoms with E-state index in [1.165, 1.54) is 5.56 Å². The summed E-state index contributed by atoms with van der Waals surface area (Å²) in [5.41, 5.74) is 2.22. The van der Waals surface area contributed by atoms with Crippen molar-refractivity contribution in [2.45, 2.75) is 25.3 Å². The molecule has 1 saturated heterocycles. The molecule has 0 bridgehead atoms. The average Bonchev–Trinajstić information content (AvgIpc) is 3.14. The molecule has 1 unspecified atom stereocenters. The van der Waals surface area contributed by atoms with E-state index in [-0.39, 0.29) is 0 Å². The Morgan fingerprint density at radius 3 is 2.83 bits per heavy atom. The van der Waals surface area contributed by atoms with Gasteiger partial charge in [0.1, 0.15) is 0 Å². The molecule has 0 saturated carbocycles. The van der Waals surface area contributed by atoms with E-state index in [9.17, 15) is 0 Å². The number of likely N-dealkylation sites (tertiary alicyclic amines) is 1. The zero-order chi connectivity index (χ0) is 16.2. The number of hydrogen-bond donors (Lipinski definition) is 0. The zero-order valence-electron chi connectivity index (χ0n) is 13.5. The SMILES string of the molecule is c1ccc(CN2CCCC(c3nnc(-c4cccnc4)o3)C2)cc1. The molecule has 5 nitrogen and oxygen atoms in total. The molecule has 2 aromatic heterocycles. The highest BCUT2D eigenvalue weighted by Gasteiger charge is 2.26. The molecular weight excluding hydrogens is 300 g/mol. The Bertz CT molecular complexity index is 772. The lowest BCUT2D eigenvalue weighted by Gasteiger charge is -2.31. The van der Waals surface area contributed by atoms with E-state index in [0.29, 0.717) is 11.8 Å². The number of aromatic nitrogens is 3. The Labute approximate surface area is 141 Å². The first kappa shape index (κ1) is 15.0. The highest BCUT2D eigenvalue weighted by atomic mass is 16.4. The van der Waals surface area contributed by atoms with Crippen LogP contribution in [0.3, 0.4) is 0 Å². The number of rotatable bonds is 4. The number of pyridine rings is 1. The lowest BCUT2D eigenvalue weighted by molar-refractivity contribution is 0.186. The Balaban J connectivity index is 1.45. The van der Waals surface area contributed by atoms with Crippen LogP contribution in [0.25, 0.3) is 11.5 Å². The first-order chi connectivity index (χ1) is 11.9. The van der Waals surface area contributed by atoms with E-state index >= 15 is 0 Å². The van der Waals surface area contributed by atoms with E-state index < -0.39 is 0 Å². The topological polar surface area (TPSA) is 55.1 Å². The van der Waals surface area contributed by atoms with Gasteiger partial charge in [-0.25, -0.2) is 0 Å². The molecule has 0 N–H and O–H groups in total. The molecule has 5 heteroatoms. The van der Waals surface area contributed by atoms with Crippen LogP contribution < -0.4 is 0 Å². The smallest absolute Gasteiger partial charge is 0.249 e. The van der Waals surface area contributed by atoms with Gasteiger partial charge in [0.25, 0.3) is 0 Å². The van der Waals surface area contributed by atoms with Crippen LogP contribution in [0.1, 0.15) is 30.2 Å². The van der Waals surface area contributed by atoms with Gasteiger partial charge in [-0.1, -0.05) is 30.3 Å². The summed E-state index contributed by atoms with van der Waals surface area (Å²) in [6, 6.07) is 14.4. The van der Waals surface area contributed by atoms with Gasteiger partial charge in [0.2, 0.25) is 11.8 Å². The molecule has 1 aromatic carbocycles. The minimum atomic E-state index is 0.306. The van der Waals surface area contributed by atoms with Gasteiger partial charge in [0.15, 0.2) is 0 Å². The maximum atomic E-state index is 5.92. The molecule has 3 heterocycles. The third-order valence-electron chi connectivity index (χ3n) is 4.45. The minimum Gasteiger partial charge on any atom is -0.420 e. The second-order valence-corrected chi connectivity index (χ2v) is 6.25. The normalized spacial score (nSPS) is 18.6. The van der Waals surface area contributed by atoms with Crippen LogP contribution in [0.2, 0.25) is 0 Å². The first-order valence-corrected chi connectivity index (χ1v) is 8.38. The van der Waals surface area contributed by atoms with Crippen molar-refractivity contribution < 1.29 is 4.42 Å². The molecule has 24 heavy (non-hydrogen) atoms. The summed E-state index contributed by atoms with van der Waals surface area (Å²) < 4.78 is 5.92. The summed E-state index contributed by atoms with van der Waals surface area (Å²) >= 11 is 0. The van der Waals surface area contributed by atoms with Crippen molar-refractivity contribution in [2.75, 3.05) is 13.1 Å². The maximum absolute atomic E-state index is 5.92. The lowest BCUT2D eigenvalue weighted by atomic mass is 9.97. The van der Waals surface area contributed by atoms with Crippen LogP contribution in [0.15, 0.2) is 59.3 Å². The Hall–Kier alpha value is -2.53. The largest absolute Gasteiger partial charge is 0.420 e. The molecule has 0 radical (unpaired) electrons. The van der Waals surface area contributed by atoms with Crippen LogP contribution in [0.4, 0.5) is 0 Å². The zero-order valence-corrected chi connectivity index (χ0v) is 13.5. The van der Waals surface area contributed by atoms with Crippen LogP contribution in [-0.2, 0) is 6.54 Å². The molecule has 1 aliphatic heterocycles. The van der Waals surface area contributed by atoms with E-state index in [0.717, 1.165) is 43.9 Å². The highest BCUT2D eigenvalue weighted by molar-refractivity contribution is 5.50. The summed E-state index contributed by atoms with van der Waals surface area (Å²) in [5, 5.41) is 8.48. The molecule has 1 aliphatic rings. The van der Waals surface area contributed by atoms with E-state index in [2.05, 4.69) is 50.4 Å². The first-order valence-electron chi connectivity index (χ1n) is 8.38. The minimum absolute atomic E-state index is 0.306. The Morgan fingerprint density at radius 2 is 2.00 bits per heavy atom. The number of hydrogen-bond acceptors (Lipinski definition) is 5. The number of benzene rings is 1. The summed E-state index contributed by atoms with van der Waals surface area (Å²) in [6.45, 7) is 3.06. The summed E-state index contributed by atoms with van der Waals surface area (Å²) in [4.78, 5) is 6.58. The fourth-order valence-electron chi connectivity index (χ4n) is 3.25. The number of nitrogens with zero attached hydrogens (tertiary/aromatic N) is 4. The molecule has 0 spiro atoms. The van der Waals surface area contributed by atoms with Crippen molar-refractivity contribution in [1.82, 2.24) is 20.1 Å². The molecule has 122 valence electrons. The summed E-state index contributed by atoms with van der Waals surface area (Å²) in [6.07, 6.45) is 5.74. The van der Waals surface area contributed by atoms with Crippen molar-refractivity contribution in [3.05, 3.63) is 66.3 Å². The molecule has 4 rings (SSSR count). The Kier molecular flexibility index (Phi) is 4.34. The van der Waals surface area contributed by atoms with Gasteiger partial charge in [0, 0.05) is 25.5 Å². The molecular formula is C19H20N4O. The second kappa shape index (κ2) is 6.93. The van der Waals surface area contributed by atoms with Gasteiger partial charge in [-0.2, -0.15) is 0 Å². The van der Waals surface area contributed by atoms with E-state index in [1.54, 1.807) is 12.4 Å². The molecule has 1 atom stereocenters. The standard InChI is InChI=1S/C19H20N4O/c1-2-6-15(7-3-1)13-23-11-5-9-17(14-23)19-22-21-18(24-19)16-8-4-10-20-12-16/h1-4,6-8,10,12,17H,5,9,11,13-14H2. The van der Waals surface area contributed by atoms with Gasteiger partial charge in [-0.3, -0.25) is 9.88 Å². The molecule has 3 aromatic rings. The molecule has 1 fully saturated rings. The number of piperidine rings is 1. The summed E-state index contributed by atoms with van der Waals surface area (Å²) in [7, 11) is 0. The molecule has 0 amide bonds. The van der Waals surface area contributed by atoms with Crippen LogP contribution in [0.5, 0.6) is 0 Å². The van der Waals surface area contributed by atoms with Gasteiger partial charge >= 0.3 is 0 Å². The third-order valence-corrected chi connectivity index (χ3v) is 4.45. The highest BCUT2D eigenvalue weighted by Crippen LogP contribution is 2.28. The van der Waals surface area contributed by atoms with Crippen LogP contribution >= 0.6 is 0 Å². The van der Waals surface area contributed by atoms with E-state index in [4.69, 9.17) is 4.42 Å². The maximum Gasteiger partial charge on any atom is 0.249 e. The van der Waals surface area contributed by atoms with Crippen molar-refractivity contribution in [3.63, 3.8) is 0 Å². The molecule has 0 aliphatic carbocycles. The third kappa shape index (κ3) is 3.36. The quantitative estimate of drug-likeness (QED) is 0.736. The fraction of sp³-hybridized carbons (Fsp3) is 0.316. The predicted molar refractivity (Wildman–Crippen MR) is 91.2 cm³/mol. The van der Waals surface area contributed by atoms with Crippen LogP contribution in [0, 0.1) is 0 Å². The van der Waals surface area contributed by atoms with Gasteiger partial charge < -0.3 is 4.42 Å². The van der Waals surface area contributed by atoms with Crippen molar-refractivity contribution in [1.29, 1.82) is 0 Å². The Morgan fingerprint density at radius 1 is 1.08 bits per heavy atom. The van der Waals surface area contributed by atoms with Gasteiger partial charge in [-0.15, -0.1) is 10.2 Å². The summed E-state index contributed by atoms with van der Waals surface area (Å²) in [5.74, 6) is 1.60. The average molecular weight is 320 g/mol. The van der Waals surface area contributed by atoms with Crippen molar-refractivity contribution in [2.24, 2.45) is 0 Å². The van der Waals surface area contributed by atoms with E-state index in [1.807, 2.05) is 12.1 Å². The fourth-order valence-corrected chi connectivity index (χ4v) is 3.25.